The van der Waals surface area contributed by atoms with Gasteiger partial charge in [0.15, 0.2) is 0 Å². The fourth-order valence-electron chi connectivity index (χ4n) is 3.04. The first kappa shape index (κ1) is 15.3. The van der Waals surface area contributed by atoms with Crippen molar-refractivity contribution in [2.24, 2.45) is 5.73 Å². The number of hydrogen-bond acceptors (Lipinski definition) is 2. The average molecular weight is 287 g/mol. The summed E-state index contributed by atoms with van der Waals surface area (Å²) in [4.78, 5) is 0. The molecule has 5 heteroatoms. The Morgan fingerprint density at radius 3 is 2.70 bits per heavy atom. The maximum Gasteiger partial charge on any atom is 0.411 e. The Kier molecular flexibility index (Phi) is 4.70. The molecule has 0 aromatic heterocycles. The van der Waals surface area contributed by atoms with Gasteiger partial charge in [-0.05, 0) is 36.8 Å². The molecule has 0 amide bonds. The summed E-state index contributed by atoms with van der Waals surface area (Å²) >= 11 is 0. The first-order valence-corrected chi connectivity index (χ1v) is 6.90. The van der Waals surface area contributed by atoms with Crippen LogP contribution in [-0.2, 0) is 16.6 Å². The molecule has 0 bridgehead atoms. The number of nitrogens with two attached hydrogens (primary N) is 1. The van der Waals surface area contributed by atoms with Crippen molar-refractivity contribution in [3.63, 3.8) is 0 Å². The second-order valence-corrected chi connectivity index (χ2v) is 5.41. The van der Waals surface area contributed by atoms with E-state index in [1.54, 1.807) is 0 Å². The Morgan fingerprint density at radius 2 is 2.00 bits per heavy atom. The molecule has 0 saturated carbocycles. The third-order valence-corrected chi connectivity index (χ3v) is 4.07. The highest BCUT2D eigenvalue weighted by atomic mass is 19.4. The van der Waals surface area contributed by atoms with Gasteiger partial charge in [0.05, 0.1) is 0 Å². The molecule has 2 N–H and O–H groups in total. The number of alkyl halides is 3. The summed E-state index contributed by atoms with van der Waals surface area (Å²) in [5.74, 6) is 0. The van der Waals surface area contributed by atoms with Crippen molar-refractivity contribution in [3.05, 3.63) is 35.4 Å². The fraction of sp³-hybridized carbons (Fsp3) is 0.600. The second-order valence-electron chi connectivity index (χ2n) is 5.41. The van der Waals surface area contributed by atoms with Crippen LogP contribution in [0.15, 0.2) is 24.3 Å². The monoisotopic (exact) mass is 287 g/mol. The zero-order valence-electron chi connectivity index (χ0n) is 11.4. The Bertz CT molecular complexity index is 447. The molecule has 0 radical (unpaired) electrons. The summed E-state index contributed by atoms with van der Waals surface area (Å²) in [6, 6.07) is 8.08. The molecule has 0 spiro atoms. The van der Waals surface area contributed by atoms with E-state index in [-0.39, 0.29) is 12.0 Å². The van der Waals surface area contributed by atoms with Gasteiger partial charge in [0.2, 0.25) is 0 Å². The smallest absolute Gasteiger partial charge is 0.372 e. The van der Waals surface area contributed by atoms with Gasteiger partial charge in [-0.3, -0.25) is 0 Å². The largest absolute Gasteiger partial charge is 0.411 e. The number of benzene rings is 1. The molecule has 0 aliphatic heterocycles. The predicted molar refractivity (Wildman–Crippen MR) is 71.6 cm³/mol. The minimum absolute atomic E-state index is 0.0883. The number of halogens is 3. The Hall–Kier alpha value is -1.07. The third-order valence-electron chi connectivity index (χ3n) is 4.07. The lowest BCUT2D eigenvalue weighted by molar-refractivity contribution is -0.174. The molecule has 112 valence electrons. The van der Waals surface area contributed by atoms with Gasteiger partial charge in [-0.1, -0.05) is 24.3 Å². The highest BCUT2D eigenvalue weighted by Crippen LogP contribution is 2.39. The SMILES string of the molecule is NCC1(CCOCC(F)(F)F)CCCc2ccccc21. The molecule has 1 aromatic rings. The molecular formula is C15H20F3NO. The molecule has 1 aliphatic carbocycles. The van der Waals surface area contributed by atoms with Crippen LogP contribution in [0.25, 0.3) is 0 Å². The number of rotatable bonds is 5. The third kappa shape index (κ3) is 3.52. The van der Waals surface area contributed by atoms with Crippen molar-refractivity contribution >= 4 is 0 Å². The molecule has 0 heterocycles. The van der Waals surface area contributed by atoms with Crippen molar-refractivity contribution in [2.75, 3.05) is 19.8 Å². The molecule has 0 fully saturated rings. The van der Waals surface area contributed by atoms with Crippen LogP contribution in [0.3, 0.4) is 0 Å². The maximum absolute atomic E-state index is 12.1. The lowest BCUT2D eigenvalue weighted by Gasteiger charge is -2.38. The number of fused-ring (bicyclic) bond motifs is 1. The van der Waals surface area contributed by atoms with Crippen LogP contribution in [-0.4, -0.2) is 25.9 Å². The summed E-state index contributed by atoms with van der Waals surface area (Å²) in [7, 11) is 0. The van der Waals surface area contributed by atoms with Crippen LogP contribution in [0.5, 0.6) is 0 Å². The quantitative estimate of drug-likeness (QED) is 0.844. The summed E-state index contributed by atoms with van der Waals surface area (Å²) in [6.45, 7) is -0.653. The normalized spacial score (nSPS) is 22.6. The minimum Gasteiger partial charge on any atom is -0.372 e. The summed E-state index contributed by atoms with van der Waals surface area (Å²) in [5.41, 5.74) is 8.16. The van der Waals surface area contributed by atoms with E-state index in [4.69, 9.17) is 10.5 Å². The second kappa shape index (κ2) is 6.14. The van der Waals surface area contributed by atoms with Crippen molar-refractivity contribution in [3.8, 4) is 0 Å². The average Bonchev–Trinajstić information content (AvgIpc) is 2.43. The Labute approximate surface area is 117 Å². The van der Waals surface area contributed by atoms with Crippen LogP contribution in [0.4, 0.5) is 13.2 Å². The van der Waals surface area contributed by atoms with E-state index in [1.165, 1.54) is 11.1 Å². The Morgan fingerprint density at radius 1 is 1.25 bits per heavy atom. The van der Waals surface area contributed by atoms with Crippen molar-refractivity contribution < 1.29 is 17.9 Å². The maximum atomic E-state index is 12.1. The molecule has 2 rings (SSSR count). The number of aryl methyl sites for hydroxylation is 1. The van der Waals surface area contributed by atoms with Gasteiger partial charge in [0.25, 0.3) is 0 Å². The molecule has 1 aliphatic rings. The standard InChI is InChI=1S/C15H20F3NO/c16-15(17,18)11-20-9-8-14(10-19)7-3-5-12-4-1-2-6-13(12)14/h1-2,4,6H,3,5,7-11,19H2. The topological polar surface area (TPSA) is 35.2 Å². The Balaban J connectivity index is 2.04. The number of hydrogen-bond donors (Lipinski definition) is 1. The summed E-state index contributed by atoms with van der Waals surface area (Å²) in [5, 5.41) is 0. The van der Waals surface area contributed by atoms with E-state index < -0.39 is 12.8 Å². The highest BCUT2D eigenvalue weighted by Gasteiger charge is 2.35. The summed E-state index contributed by atoms with van der Waals surface area (Å²) in [6.07, 6.45) is -0.776. The van der Waals surface area contributed by atoms with Gasteiger partial charge < -0.3 is 10.5 Å². The van der Waals surface area contributed by atoms with E-state index in [1.807, 2.05) is 18.2 Å². The molecule has 1 aromatic carbocycles. The van der Waals surface area contributed by atoms with E-state index in [2.05, 4.69) is 6.07 Å². The van der Waals surface area contributed by atoms with Crippen LogP contribution in [0.2, 0.25) is 0 Å². The first-order valence-electron chi connectivity index (χ1n) is 6.90. The zero-order chi connectivity index (χ0) is 14.6. The van der Waals surface area contributed by atoms with Crippen LogP contribution in [0.1, 0.15) is 30.4 Å². The number of ether oxygens (including phenoxy) is 1. The zero-order valence-corrected chi connectivity index (χ0v) is 11.4. The summed E-state index contributed by atoms with van der Waals surface area (Å²) < 4.78 is 41.0. The molecular weight excluding hydrogens is 267 g/mol. The van der Waals surface area contributed by atoms with E-state index in [0.29, 0.717) is 13.0 Å². The predicted octanol–water partition coefficient (Wildman–Crippen LogP) is 3.19. The fourth-order valence-corrected chi connectivity index (χ4v) is 3.04. The van der Waals surface area contributed by atoms with Crippen LogP contribution < -0.4 is 5.73 Å². The van der Waals surface area contributed by atoms with Crippen LogP contribution >= 0.6 is 0 Å². The molecule has 1 unspecified atom stereocenters. The van der Waals surface area contributed by atoms with Gasteiger partial charge in [-0.2, -0.15) is 13.2 Å². The first-order chi connectivity index (χ1) is 9.47. The molecule has 2 nitrogen and oxygen atoms in total. The van der Waals surface area contributed by atoms with Crippen molar-refractivity contribution in [1.82, 2.24) is 0 Å². The highest BCUT2D eigenvalue weighted by molar-refractivity contribution is 5.37. The lowest BCUT2D eigenvalue weighted by atomic mass is 9.68. The van der Waals surface area contributed by atoms with Gasteiger partial charge in [-0.25, -0.2) is 0 Å². The van der Waals surface area contributed by atoms with Crippen molar-refractivity contribution in [2.45, 2.75) is 37.3 Å². The van der Waals surface area contributed by atoms with Gasteiger partial charge in [0.1, 0.15) is 6.61 Å². The van der Waals surface area contributed by atoms with E-state index >= 15 is 0 Å². The van der Waals surface area contributed by atoms with Crippen molar-refractivity contribution in [1.29, 1.82) is 0 Å². The molecule has 20 heavy (non-hydrogen) atoms. The van der Waals surface area contributed by atoms with Crippen LogP contribution in [0, 0.1) is 0 Å². The van der Waals surface area contributed by atoms with E-state index in [9.17, 15) is 13.2 Å². The molecule has 0 saturated heterocycles. The van der Waals surface area contributed by atoms with E-state index in [0.717, 1.165) is 19.3 Å². The van der Waals surface area contributed by atoms with Gasteiger partial charge in [-0.15, -0.1) is 0 Å². The lowest BCUT2D eigenvalue weighted by Crippen LogP contribution is -2.39. The van der Waals surface area contributed by atoms with Gasteiger partial charge >= 0.3 is 6.18 Å². The van der Waals surface area contributed by atoms with Gasteiger partial charge in [0, 0.05) is 18.6 Å². The molecule has 1 atom stereocenters. The minimum atomic E-state index is -4.26.